The Morgan fingerprint density at radius 2 is 2.13 bits per heavy atom. The van der Waals surface area contributed by atoms with Crippen molar-refractivity contribution in [3.05, 3.63) is 36.4 Å². The van der Waals surface area contributed by atoms with Gasteiger partial charge in [0.15, 0.2) is 0 Å². The van der Waals surface area contributed by atoms with Crippen LogP contribution in [0.1, 0.15) is 19.0 Å². The second-order valence-corrected chi connectivity index (χ2v) is 7.53. The molecule has 0 radical (unpaired) electrons. The minimum absolute atomic E-state index is 0.0375. The third-order valence-electron chi connectivity index (χ3n) is 3.38. The molecule has 124 valence electrons. The largest absolute Gasteiger partial charge is 0.310 e. The van der Waals surface area contributed by atoms with Gasteiger partial charge in [0.1, 0.15) is 9.84 Å². The number of aromatic nitrogens is 3. The molecule has 0 atom stereocenters. The Morgan fingerprint density at radius 1 is 1.39 bits per heavy atom. The predicted molar refractivity (Wildman–Crippen MR) is 88.5 cm³/mol. The van der Waals surface area contributed by atoms with Crippen LogP contribution in [0.25, 0.3) is 5.69 Å². The van der Waals surface area contributed by atoms with E-state index in [-0.39, 0.29) is 18.1 Å². The average Bonchev–Trinajstić information content (AvgIpc) is 2.88. The average molecular weight is 336 g/mol. The Hall–Kier alpha value is -2.22. The predicted octanol–water partition coefficient (Wildman–Crippen LogP) is 1.36. The molecule has 2 rings (SSSR count). The lowest BCUT2D eigenvalue weighted by molar-refractivity contribution is -0.118. The van der Waals surface area contributed by atoms with Crippen molar-refractivity contribution in [2.75, 3.05) is 23.5 Å². The number of amides is 1. The molecule has 0 saturated heterocycles. The standard InChI is InChI=1S/C15H20N4O3S/c1-4-18(15(20)7-9-23(3,21)22)14-11-19(17-12(14)2)13-6-5-8-16-10-13/h5-6,8,10-11H,4,7,9H2,1-3H3. The second kappa shape index (κ2) is 6.91. The van der Waals surface area contributed by atoms with E-state index in [4.69, 9.17) is 0 Å². The van der Waals surface area contributed by atoms with Crippen LogP contribution in [0.15, 0.2) is 30.7 Å². The monoisotopic (exact) mass is 336 g/mol. The number of nitrogens with zero attached hydrogens (tertiary/aromatic N) is 4. The van der Waals surface area contributed by atoms with E-state index in [0.717, 1.165) is 11.9 Å². The molecule has 1 amide bonds. The van der Waals surface area contributed by atoms with E-state index in [2.05, 4.69) is 10.1 Å². The maximum atomic E-state index is 12.3. The highest BCUT2D eigenvalue weighted by Crippen LogP contribution is 2.21. The first-order chi connectivity index (χ1) is 10.8. The molecular weight excluding hydrogens is 316 g/mol. The topological polar surface area (TPSA) is 85.2 Å². The molecule has 7 nitrogen and oxygen atoms in total. The summed E-state index contributed by atoms with van der Waals surface area (Å²) in [5.41, 5.74) is 2.17. The van der Waals surface area contributed by atoms with E-state index in [9.17, 15) is 13.2 Å². The van der Waals surface area contributed by atoms with Gasteiger partial charge >= 0.3 is 0 Å². The Morgan fingerprint density at radius 3 is 2.70 bits per heavy atom. The van der Waals surface area contributed by atoms with Crippen LogP contribution >= 0.6 is 0 Å². The van der Waals surface area contributed by atoms with Gasteiger partial charge in [-0.15, -0.1) is 0 Å². The lowest BCUT2D eigenvalue weighted by atomic mass is 10.3. The van der Waals surface area contributed by atoms with E-state index in [1.807, 2.05) is 19.9 Å². The van der Waals surface area contributed by atoms with Gasteiger partial charge < -0.3 is 4.90 Å². The minimum Gasteiger partial charge on any atom is -0.310 e. The number of aryl methyl sites for hydroxylation is 1. The molecule has 0 aromatic carbocycles. The summed E-state index contributed by atoms with van der Waals surface area (Å²) in [4.78, 5) is 17.9. The lowest BCUT2D eigenvalue weighted by Gasteiger charge is -2.19. The Bertz CT molecular complexity index is 784. The number of sulfone groups is 1. The first-order valence-electron chi connectivity index (χ1n) is 7.26. The van der Waals surface area contributed by atoms with Crippen molar-refractivity contribution in [2.45, 2.75) is 20.3 Å². The fourth-order valence-electron chi connectivity index (χ4n) is 2.23. The maximum Gasteiger partial charge on any atom is 0.228 e. The van der Waals surface area contributed by atoms with Gasteiger partial charge in [0.25, 0.3) is 0 Å². The van der Waals surface area contributed by atoms with E-state index in [0.29, 0.717) is 17.9 Å². The first-order valence-corrected chi connectivity index (χ1v) is 9.32. The Labute approximate surface area is 135 Å². The fourth-order valence-corrected chi connectivity index (χ4v) is 2.77. The number of hydrogen-bond donors (Lipinski definition) is 0. The summed E-state index contributed by atoms with van der Waals surface area (Å²) in [5, 5.41) is 4.41. The number of anilines is 1. The molecule has 0 saturated carbocycles. The first kappa shape index (κ1) is 17.1. The summed E-state index contributed by atoms with van der Waals surface area (Å²) >= 11 is 0. The Balaban J connectivity index is 2.25. The van der Waals surface area contributed by atoms with E-state index >= 15 is 0 Å². The van der Waals surface area contributed by atoms with Crippen molar-refractivity contribution in [1.82, 2.24) is 14.8 Å². The number of carbonyl (C=O) groups is 1. The van der Waals surface area contributed by atoms with Crippen LogP contribution in [0.2, 0.25) is 0 Å². The molecule has 0 aliphatic carbocycles. The summed E-state index contributed by atoms with van der Waals surface area (Å²) in [6.07, 6.45) is 6.20. The summed E-state index contributed by atoms with van der Waals surface area (Å²) in [6.45, 7) is 4.11. The molecule has 2 aromatic rings. The number of rotatable bonds is 6. The van der Waals surface area contributed by atoms with Crippen molar-refractivity contribution in [2.24, 2.45) is 0 Å². The smallest absolute Gasteiger partial charge is 0.228 e. The molecule has 0 aliphatic rings. The van der Waals surface area contributed by atoms with Crippen LogP contribution in [-0.2, 0) is 14.6 Å². The Kier molecular flexibility index (Phi) is 5.15. The zero-order chi connectivity index (χ0) is 17.0. The molecule has 0 unspecified atom stereocenters. The highest BCUT2D eigenvalue weighted by Gasteiger charge is 2.20. The van der Waals surface area contributed by atoms with Gasteiger partial charge in [-0.1, -0.05) is 0 Å². The van der Waals surface area contributed by atoms with Crippen LogP contribution < -0.4 is 4.90 Å². The number of pyridine rings is 1. The third-order valence-corrected chi connectivity index (χ3v) is 4.32. The lowest BCUT2D eigenvalue weighted by Crippen LogP contribution is -2.32. The van der Waals surface area contributed by atoms with Crippen LogP contribution in [-0.4, -0.2) is 47.6 Å². The molecule has 8 heteroatoms. The summed E-state index contributed by atoms with van der Waals surface area (Å²) in [7, 11) is -3.17. The molecule has 0 fully saturated rings. The molecule has 0 N–H and O–H groups in total. The van der Waals surface area contributed by atoms with Gasteiger partial charge in [0.2, 0.25) is 5.91 Å². The van der Waals surface area contributed by atoms with E-state index in [1.54, 1.807) is 34.2 Å². The quantitative estimate of drug-likeness (QED) is 0.795. The molecule has 23 heavy (non-hydrogen) atoms. The van der Waals surface area contributed by atoms with E-state index < -0.39 is 9.84 Å². The van der Waals surface area contributed by atoms with Gasteiger partial charge in [0, 0.05) is 25.4 Å². The van der Waals surface area contributed by atoms with Crippen LogP contribution in [0.5, 0.6) is 0 Å². The van der Waals surface area contributed by atoms with Crippen LogP contribution in [0, 0.1) is 6.92 Å². The minimum atomic E-state index is -3.17. The summed E-state index contributed by atoms with van der Waals surface area (Å²) in [5.74, 6) is -0.384. The van der Waals surface area contributed by atoms with E-state index in [1.165, 1.54) is 0 Å². The van der Waals surface area contributed by atoms with Gasteiger partial charge in [-0.2, -0.15) is 5.10 Å². The SMILES string of the molecule is CCN(C(=O)CCS(C)(=O)=O)c1cn(-c2cccnc2)nc1C. The summed E-state index contributed by atoms with van der Waals surface area (Å²) in [6, 6.07) is 3.67. The highest BCUT2D eigenvalue weighted by atomic mass is 32.2. The number of hydrogen-bond acceptors (Lipinski definition) is 5. The van der Waals surface area contributed by atoms with Gasteiger partial charge in [-0.25, -0.2) is 13.1 Å². The summed E-state index contributed by atoms with van der Waals surface area (Å²) < 4.78 is 24.1. The van der Waals surface area contributed by atoms with Crippen LogP contribution in [0.3, 0.4) is 0 Å². The second-order valence-electron chi connectivity index (χ2n) is 5.27. The highest BCUT2D eigenvalue weighted by molar-refractivity contribution is 7.90. The van der Waals surface area contributed by atoms with Crippen molar-refractivity contribution in [3.8, 4) is 5.69 Å². The zero-order valence-corrected chi connectivity index (χ0v) is 14.2. The fraction of sp³-hybridized carbons (Fsp3) is 0.400. The molecule has 0 bridgehead atoms. The van der Waals surface area contributed by atoms with Crippen molar-refractivity contribution in [3.63, 3.8) is 0 Å². The van der Waals surface area contributed by atoms with Gasteiger partial charge in [-0.05, 0) is 26.0 Å². The van der Waals surface area contributed by atoms with Gasteiger partial charge in [0.05, 0.1) is 35.2 Å². The van der Waals surface area contributed by atoms with Crippen molar-refractivity contribution in [1.29, 1.82) is 0 Å². The maximum absolute atomic E-state index is 12.3. The molecule has 0 spiro atoms. The molecule has 0 aliphatic heterocycles. The van der Waals surface area contributed by atoms with Gasteiger partial charge in [-0.3, -0.25) is 9.78 Å². The molecule has 2 heterocycles. The third kappa shape index (κ3) is 4.38. The molecular formula is C15H20N4O3S. The van der Waals surface area contributed by atoms with Crippen molar-refractivity contribution < 1.29 is 13.2 Å². The van der Waals surface area contributed by atoms with Crippen LogP contribution in [0.4, 0.5) is 5.69 Å². The van der Waals surface area contributed by atoms with Crippen molar-refractivity contribution >= 4 is 21.4 Å². The molecule has 2 aromatic heterocycles. The normalized spacial score (nSPS) is 11.4. The zero-order valence-electron chi connectivity index (χ0n) is 13.4. The number of carbonyl (C=O) groups excluding carboxylic acids is 1.